The van der Waals surface area contributed by atoms with Crippen LogP contribution in [0.25, 0.3) is 0 Å². The van der Waals surface area contributed by atoms with Crippen LogP contribution in [0.2, 0.25) is 0 Å². The lowest BCUT2D eigenvalue weighted by molar-refractivity contribution is -0.139. The molecule has 0 fully saturated rings. The van der Waals surface area contributed by atoms with E-state index in [1.165, 1.54) is 4.90 Å². The maximum atomic E-state index is 13.5. The standard InChI is InChI=1S/C25H35N3O4S/c1-7-14-26-25(30)21(5)27(16-22-11-9-8-10-19(22)3)24(29)17-28(33(6,31)32)23-13-12-18(2)20(4)15-23/h8-13,15,21H,7,14,16-17H2,1-6H3,(H,26,30)/t21-/m1/s1. The highest BCUT2D eigenvalue weighted by Gasteiger charge is 2.30. The van der Waals surface area contributed by atoms with Gasteiger partial charge in [-0.05, 0) is 68.5 Å². The van der Waals surface area contributed by atoms with Gasteiger partial charge in [-0.15, -0.1) is 0 Å². The summed E-state index contributed by atoms with van der Waals surface area (Å²) >= 11 is 0. The van der Waals surface area contributed by atoms with Crippen molar-refractivity contribution in [3.05, 3.63) is 64.7 Å². The molecular formula is C25H35N3O4S. The Morgan fingerprint density at radius 1 is 1.00 bits per heavy atom. The number of anilines is 1. The Morgan fingerprint density at radius 3 is 2.24 bits per heavy atom. The van der Waals surface area contributed by atoms with Crippen LogP contribution in [0, 0.1) is 20.8 Å². The molecule has 0 spiro atoms. The third-order valence-electron chi connectivity index (χ3n) is 5.78. The van der Waals surface area contributed by atoms with Gasteiger partial charge in [-0.1, -0.05) is 37.3 Å². The average molecular weight is 474 g/mol. The van der Waals surface area contributed by atoms with Gasteiger partial charge in [-0.3, -0.25) is 13.9 Å². The van der Waals surface area contributed by atoms with E-state index in [2.05, 4.69) is 5.32 Å². The summed E-state index contributed by atoms with van der Waals surface area (Å²) in [5.74, 6) is -0.711. The first-order chi connectivity index (χ1) is 15.5. The van der Waals surface area contributed by atoms with Gasteiger partial charge in [0.25, 0.3) is 0 Å². The second-order valence-electron chi connectivity index (χ2n) is 8.45. The van der Waals surface area contributed by atoms with Crippen LogP contribution < -0.4 is 9.62 Å². The van der Waals surface area contributed by atoms with Crippen molar-refractivity contribution in [1.82, 2.24) is 10.2 Å². The zero-order valence-corrected chi connectivity index (χ0v) is 21.2. The van der Waals surface area contributed by atoms with Crippen molar-refractivity contribution in [3.63, 3.8) is 0 Å². The SMILES string of the molecule is CCCNC(=O)[C@@H](C)N(Cc1ccccc1C)C(=O)CN(c1ccc(C)c(C)c1)S(C)(=O)=O. The van der Waals surface area contributed by atoms with Crippen LogP contribution in [0.1, 0.15) is 42.5 Å². The summed E-state index contributed by atoms with van der Waals surface area (Å²) in [4.78, 5) is 27.7. The summed E-state index contributed by atoms with van der Waals surface area (Å²) < 4.78 is 26.3. The minimum Gasteiger partial charge on any atom is -0.354 e. The number of hydrogen-bond acceptors (Lipinski definition) is 4. The average Bonchev–Trinajstić information content (AvgIpc) is 2.75. The minimum atomic E-state index is -3.73. The van der Waals surface area contributed by atoms with Crippen molar-refractivity contribution in [2.45, 2.75) is 53.6 Å². The topological polar surface area (TPSA) is 86.8 Å². The molecule has 0 aromatic heterocycles. The Hall–Kier alpha value is -2.87. The highest BCUT2D eigenvalue weighted by molar-refractivity contribution is 7.92. The van der Waals surface area contributed by atoms with Gasteiger partial charge in [0.2, 0.25) is 21.8 Å². The molecule has 0 aliphatic rings. The Balaban J connectivity index is 2.40. The smallest absolute Gasteiger partial charge is 0.244 e. The third kappa shape index (κ3) is 7.05. The van der Waals surface area contributed by atoms with Crippen molar-refractivity contribution in [1.29, 1.82) is 0 Å². The molecule has 2 aromatic carbocycles. The second-order valence-corrected chi connectivity index (χ2v) is 10.4. The highest BCUT2D eigenvalue weighted by Crippen LogP contribution is 2.22. The first-order valence-corrected chi connectivity index (χ1v) is 13.0. The molecule has 0 bridgehead atoms. The minimum absolute atomic E-state index is 0.205. The van der Waals surface area contributed by atoms with Gasteiger partial charge in [-0.25, -0.2) is 8.42 Å². The van der Waals surface area contributed by atoms with E-state index in [9.17, 15) is 18.0 Å². The molecule has 180 valence electrons. The zero-order valence-electron chi connectivity index (χ0n) is 20.4. The molecule has 0 radical (unpaired) electrons. The van der Waals surface area contributed by atoms with E-state index in [0.717, 1.165) is 39.2 Å². The fourth-order valence-electron chi connectivity index (χ4n) is 3.44. The Morgan fingerprint density at radius 2 is 1.67 bits per heavy atom. The predicted molar refractivity (Wildman–Crippen MR) is 133 cm³/mol. The molecule has 0 saturated carbocycles. The number of rotatable bonds is 10. The van der Waals surface area contributed by atoms with E-state index in [1.807, 2.05) is 58.0 Å². The fourth-order valence-corrected chi connectivity index (χ4v) is 4.29. The van der Waals surface area contributed by atoms with Crippen LogP contribution in [0.5, 0.6) is 0 Å². The summed E-state index contributed by atoms with van der Waals surface area (Å²) in [5.41, 5.74) is 4.27. The maximum Gasteiger partial charge on any atom is 0.244 e. The van der Waals surface area contributed by atoms with Gasteiger partial charge in [-0.2, -0.15) is 0 Å². The van der Waals surface area contributed by atoms with Crippen molar-refractivity contribution >= 4 is 27.5 Å². The number of nitrogens with one attached hydrogen (secondary N) is 1. The van der Waals surface area contributed by atoms with Crippen molar-refractivity contribution < 1.29 is 18.0 Å². The molecule has 0 aliphatic carbocycles. The number of benzene rings is 2. The number of hydrogen-bond donors (Lipinski definition) is 1. The van der Waals surface area contributed by atoms with Gasteiger partial charge in [0, 0.05) is 13.1 Å². The molecule has 2 rings (SSSR count). The summed E-state index contributed by atoms with van der Waals surface area (Å²) in [5, 5.41) is 2.83. The van der Waals surface area contributed by atoms with Crippen LogP contribution in [0.3, 0.4) is 0 Å². The van der Waals surface area contributed by atoms with Gasteiger partial charge in [0.15, 0.2) is 0 Å². The molecule has 0 unspecified atom stereocenters. The van der Waals surface area contributed by atoms with Crippen LogP contribution >= 0.6 is 0 Å². The predicted octanol–water partition coefficient (Wildman–Crippen LogP) is 3.32. The molecule has 2 aromatic rings. The van der Waals surface area contributed by atoms with E-state index in [4.69, 9.17) is 0 Å². The van der Waals surface area contributed by atoms with Crippen molar-refractivity contribution in [2.75, 3.05) is 23.7 Å². The van der Waals surface area contributed by atoms with Gasteiger partial charge >= 0.3 is 0 Å². The Labute approximate surface area is 197 Å². The number of aryl methyl sites for hydroxylation is 3. The Kier molecular flexibility index (Phi) is 9.05. The number of nitrogens with zero attached hydrogens (tertiary/aromatic N) is 2. The lowest BCUT2D eigenvalue weighted by Crippen LogP contribution is -2.51. The maximum absolute atomic E-state index is 13.5. The number of sulfonamides is 1. The molecule has 0 heterocycles. The monoisotopic (exact) mass is 473 g/mol. The number of carbonyl (C=O) groups is 2. The van der Waals surface area contributed by atoms with E-state index < -0.39 is 28.5 Å². The molecule has 1 N–H and O–H groups in total. The van der Waals surface area contributed by atoms with Gasteiger partial charge in [0.05, 0.1) is 11.9 Å². The summed E-state index contributed by atoms with van der Waals surface area (Å²) in [6.45, 7) is 9.72. The first-order valence-electron chi connectivity index (χ1n) is 11.1. The van der Waals surface area contributed by atoms with Crippen LogP contribution in [-0.2, 0) is 26.2 Å². The van der Waals surface area contributed by atoms with Crippen LogP contribution in [0.15, 0.2) is 42.5 Å². The molecule has 0 aliphatic heterocycles. The molecule has 8 heteroatoms. The largest absolute Gasteiger partial charge is 0.354 e. The lowest BCUT2D eigenvalue weighted by atomic mass is 10.1. The van der Waals surface area contributed by atoms with Crippen molar-refractivity contribution in [2.24, 2.45) is 0 Å². The van der Waals surface area contributed by atoms with Crippen LogP contribution in [0.4, 0.5) is 5.69 Å². The molecule has 33 heavy (non-hydrogen) atoms. The van der Waals surface area contributed by atoms with Crippen LogP contribution in [-0.4, -0.2) is 50.5 Å². The van der Waals surface area contributed by atoms with E-state index in [1.54, 1.807) is 19.1 Å². The van der Waals surface area contributed by atoms with Gasteiger partial charge < -0.3 is 10.2 Å². The fraction of sp³-hybridized carbons (Fsp3) is 0.440. The Bertz CT molecular complexity index is 1100. The lowest BCUT2D eigenvalue weighted by Gasteiger charge is -2.32. The molecule has 7 nitrogen and oxygen atoms in total. The number of amides is 2. The molecule has 0 saturated heterocycles. The van der Waals surface area contributed by atoms with Crippen molar-refractivity contribution in [3.8, 4) is 0 Å². The second kappa shape index (κ2) is 11.3. The highest BCUT2D eigenvalue weighted by atomic mass is 32.2. The van der Waals surface area contributed by atoms with E-state index in [0.29, 0.717) is 12.2 Å². The van der Waals surface area contributed by atoms with E-state index in [-0.39, 0.29) is 12.5 Å². The zero-order chi connectivity index (χ0) is 24.8. The first kappa shape index (κ1) is 26.4. The number of carbonyl (C=O) groups excluding carboxylic acids is 2. The van der Waals surface area contributed by atoms with Gasteiger partial charge in [0.1, 0.15) is 12.6 Å². The quantitative estimate of drug-likeness (QED) is 0.574. The normalized spacial score (nSPS) is 12.2. The summed E-state index contributed by atoms with van der Waals surface area (Å²) in [6, 6.07) is 12.2. The third-order valence-corrected chi connectivity index (χ3v) is 6.92. The van der Waals surface area contributed by atoms with E-state index >= 15 is 0 Å². The summed E-state index contributed by atoms with van der Waals surface area (Å²) in [6.07, 6.45) is 1.86. The summed E-state index contributed by atoms with van der Waals surface area (Å²) in [7, 11) is -3.73. The molecule has 1 atom stereocenters. The molecule has 2 amide bonds. The molecular weight excluding hydrogens is 438 g/mol.